The van der Waals surface area contributed by atoms with Gasteiger partial charge in [-0.2, -0.15) is 0 Å². The van der Waals surface area contributed by atoms with Crippen molar-refractivity contribution in [2.24, 2.45) is 0 Å². The van der Waals surface area contributed by atoms with E-state index in [1.807, 2.05) is 13.0 Å². The Balaban J connectivity index is 2.22. The van der Waals surface area contributed by atoms with Crippen LogP contribution in [0.25, 0.3) is 0 Å². The summed E-state index contributed by atoms with van der Waals surface area (Å²) in [4.78, 5) is 6.78. The smallest absolute Gasteiger partial charge is 0.258 e. The molecule has 1 aromatic carbocycles. The SMILES string of the molecule is CCc1ncc(S(=O)(=O)NC(C)c2ccccc2Cl)[nH]1. The van der Waals surface area contributed by atoms with Crippen LogP contribution in [0.1, 0.15) is 31.3 Å². The lowest BCUT2D eigenvalue weighted by atomic mass is 10.1. The van der Waals surface area contributed by atoms with Crippen molar-refractivity contribution in [3.05, 3.63) is 46.9 Å². The molecule has 7 heteroatoms. The average Bonchev–Trinajstić information content (AvgIpc) is 2.88. The Morgan fingerprint density at radius 2 is 2.10 bits per heavy atom. The van der Waals surface area contributed by atoms with E-state index in [0.717, 1.165) is 5.56 Å². The molecule has 2 aromatic rings. The molecule has 1 atom stereocenters. The minimum absolute atomic E-state index is 0.0632. The van der Waals surface area contributed by atoms with Gasteiger partial charge in [0.1, 0.15) is 5.82 Å². The summed E-state index contributed by atoms with van der Waals surface area (Å²) in [6, 6.07) is 6.71. The average molecular weight is 314 g/mol. The van der Waals surface area contributed by atoms with Gasteiger partial charge in [-0.3, -0.25) is 0 Å². The quantitative estimate of drug-likeness (QED) is 0.891. The van der Waals surface area contributed by atoms with Crippen molar-refractivity contribution in [2.45, 2.75) is 31.3 Å². The summed E-state index contributed by atoms with van der Waals surface area (Å²) in [5, 5.41) is 0.592. The Hall–Kier alpha value is -1.37. The molecule has 1 aromatic heterocycles. The number of H-pyrrole nitrogens is 1. The fraction of sp³-hybridized carbons (Fsp3) is 0.308. The van der Waals surface area contributed by atoms with Crippen LogP contribution >= 0.6 is 11.6 Å². The van der Waals surface area contributed by atoms with Crippen LogP contribution in [0, 0.1) is 0 Å². The molecule has 0 radical (unpaired) electrons. The zero-order chi connectivity index (χ0) is 14.8. The lowest BCUT2D eigenvalue weighted by Crippen LogP contribution is -2.27. The number of aryl methyl sites for hydroxylation is 1. The Morgan fingerprint density at radius 3 is 2.70 bits per heavy atom. The number of hydrogen-bond acceptors (Lipinski definition) is 3. The molecule has 20 heavy (non-hydrogen) atoms. The fourth-order valence-electron chi connectivity index (χ4n) is 1.85. The first-order valence-electron chi connectivity index (χ1n) is 6.24. The van der Waals surface area contributed by atoms with Crippen LogP contribution < -0.4 is 4.72 Å². The first-order chi connectivity index (χ1) is 9.44. The monoisotopic (exact) mass is 313 g/mol. The highest BCUT2D eigenvalue weighted by molar-refractivity contribution is 7.89. The van der Waals surface area contributed by atoms with Crippen LogP contribution in [0.5, 0.6) is 0 Å². The van der Waals surface area contributed by atoms with E-state index in [9.17, 15) is 8.42 Å². The second-order valence-corrected chi connectivity index (χ2v) is 6.50. The van der Waals surface area contributed by atoms with Crippen molar-refractivity contribution in [1.82, 2.24) is 14.7 Å². The molecule has 1 unspecified atom stereocenters. The molecule has 108 valence electrons. The fourth-order valence-corrected chi connectivity index (χ4v) is 3.31. The van der Waals surface area contributed by atoms with Crippen LogP contribution in [0.15, 0.2) is 35.5 Å². The summed E-state index contributed by atoms with van der Waals surface area (Å²) in [5.41, 5.74) is 0.730. The minimum atomic E-state index is -3.64. The van der Waals surface area contributed by atoms with E-state index >= 15 is 0 Å². The molecule has 0 aliphatic rings. The van der Waals surface area contributed by atoms with Gasteiger partial charge in [-0.1, -0.05) is 36.7 Å². The molecular weight excluding hydrogens is 298 g/mol. The summed E-state index contributed by atoms with van der Waals surface area (Å²) < 4.78 is 27.0. The molecule has 0 saturated carbocycles. The third-order valence-electron chi connectivity index (χ3n) is 2.93. The van der Waals surface area contributed by atoms with Crippen LogP contribution in [-0.2, 0) is 16.4 Å². The van der Waals surface area contributed by atoms with Gasteiger partial charge in [0.25, 0.3) is 10.0 Å². The molecular formula is C13H16ClN3O2S. The Morgan fingerprint density at radius 1 is 1.40 bits per heavy atom. The van der Waals surface area contributed by atoms with Gasteiger partial charge >= 0.3 is 0 Å². The number of aromatic amines is 1. The summed E-state index contributed by atoms with van der Waals surface area (Å²) >= 11 is 6.07. The number of halogens is 1. The van der Waals surface area contributed by atoms with Crippen molar-refractivity contribution < 1.29 is 8.42 Å². The first kappa shape index (κ1) is 15.0. The van der Waals surface area contributed by atoms with Gasteiger partial charge in [0, 0.05) is 17.5 Å². The van der Waals surface area contributed by atoms with Gasteiger partial charge in [0.05, 0.1) is 6.20 Å². The molecule has 0 aliphatic carbocycles. The number of sulfonamides is 1. The van der Waals surface area contributed by atoms with Gasteiger partial charge in [-0.25, -0.2) is 18.1 Å². The minimum Gasteiger partial charge on any atom is -0.332 e. The van der Waals surface area contributed by atoms with Gasteiger partial charge < -0.3 is 4.98 Å². The van der Waals surface area contributed by atoms with Crippen LogP contribution in [0.3, 0.4) is 0 Å². The van der Waals surface area contributed by atoms with Gasteiger partial charge in [-0.15, -0.1) is 0 Å². The van der Waals surface area contributed by atoms with E-state index in [4.69, 9.17) is 11.6 Å². The van der Waals surface area contributed by atoms with Crippen molar-refractivity contribution in [1.29, 1.82) is 0 Å². The van der Waals surface area contributed by atoms with E-state index in [1.54, 1.807) is 25.1 Å². The maximum atomic E-state index is 12.2. The van der Waals surface area contributed by atoms with E-state index in [2.05, 4.69) is 14.7 Å². The third-order valence-corrected chi connectivity index (χ3v) is 4.73. The standard InChI is InChI=1S/C13H16ClN3O2S/c1-3-12-15-8-13(16-12)20(18,19)17-9(2)10-6-4-5-7-11(10)14/h4-9,17H,3H2,1-2H3,(H,15,16). The number of imidazole rings is 1. The molecule has 0 amide bonds. The van der Waals surface area contributed by atoms with Crippen molar-refractivity contribution in [2.75, 3.05) is 0 Å². The van der Waals surface area contributed by atoms with Crippen molar-refractivity contribution >= 4 is 21.6 Å². The van der Waals surface area contributed by atoms with Gasteiger partial charge in [0.15, 0.2) is 5.03 Å². The summed E-state index contributed by atoms with van der Waals surface area (Å²) in [6.07, 6.45) is 1.97. The molecule has 5 nitrogen and oxygen atoms in total. The van der Waals surface area contributed by atoms with Crippen LogP contribution in [0.2, 0.25) is 5.02 Å². The first-order valence-corrected chi connectivity index (χ1v) is 8.10. The van der Waals surface area contributed by atoms with Crippen molar-refractivity contribution in [3.63, 3.8) is 0 Å². The molecule has 0 bridgehead atoms. The maximum Gasteiger partial charge on any atom is 0.258 e. The highest BCUT2D eigenvalue weighted by atomic mass is 35.5. The normalized spacial score (nSPS) is 13.3. The largest absolute Gasteiger partial charge is 0.332 e. The molecule has 2 rings (SSSR count). The van der Waals surface area contributed by atoms with Crippen molar-refractivity contribution in [3.8, 4) is 0 Å². The Bertz CT molecular complexity index is 697. The molecule has 0 saturated heterocycles. The number of nitrogens with one attached hydrogen (secondary N) is 2. The van der Waals surface area contributed by atoms with E-state index in [0.29, 0.717) is 17.3 Å². The Kier molecular flexibility index (Phi) is 4.47. The second kappa shape index (κ2) is 5.95. The molecule has 2 N–H and O–H groups in total. The number of nitrogens with zero attached hydrogens (tertiary/aromatic N) is 1. The number of benzene rings is 1. The lowest BCUT2D eigenvalue weighted by Gasteiger charge is -2.15. The summed E-state index contributed by atoms with van der Waals surface area (Å²) in [7, 11) is -3.64. The molecule has 0 fully saturated rings. The third kappa shape index (κ3) is 3.20. The number of rotatable bonds is 5. The second-order valence-electron chi connectivity index (χ2n) is 4.41. The highest BCUT2D eigenvalue weighted by Gasteiger charge is 2.21. The molecule has 0 aliphatic heterocycles. The Labute approximate surface area is 123 Å². The lowest BCUT2D eigenvalue weighted by molar-refractivity contribution is 0.563. The number of hydrogen-bond donors (Lipinski definition) is 2. The van der Waals surface area contributed by atoms with E-state index < -0.39 is 16.1 Å². The summed E-state index contributed by atoms with van der Waals surface area (Å²) in [5.74, 6) is 0.635. The van der Waals surface area contributed by atoms with Gasteiger partial charge in [0.2, 0.25) is 0 Å². The van der Waals surface area contributed by atoms with Gasteiger partial charge in [-0.05, 0) is 18.6 Å². The van der Waals surface area contributed by atoms with E-state index in [-0.39, 0.29) is 5.03 Å². The van der Waals surface area contributed by atoms with Crippen LogP contribution in [0.4, 0.5) is 0 Å². The highest BCUT2D eigenvalue weighted by Crippen LogP contribution is 2.23. The van der Waals surface area contributed by atoms with E-state index in [1.165, 1.54) is 6.20 Å². The zero-order valence-electron chi connectivity index (χ0n) is 11.2. The predicted molar refractivity (Wildman–Crippen MR) is 78.2 cm³/mol. The molecule has 1 heterocycles. The zero-order valence-corrected chi connectivity index (χ0v) is 12.8. The predicted octanol–water partition coefficient (Wildman–Crippen LogP) is 2.67. The molecule has 0 spiro atoms. The summed E-state index contributed by atoms with van der Waals surface area (Å²) in [6.45, 7) is 3.64. The number of aromatic nitrogens is 2. The maximum absolute atomic E-state index is 12.2. The van der Waals surface area contributed by atoms with Crippen LogP contribution in [-0.4, -0.2) is 18.4 Å². The topological polar surface area (TPSA) is 74.8 Å².